The van der Waals surface area contributed by atoms with Gasteiger partial charge in [0, 0.05) is 19.4 Å². The molecule has 0 unspecified atom stereocenters. The summed E-state index contributed by atoms with van der Waals surface area (Å²) in [5.74, 6) is -0.246. The summed E-state index contributed by atoms with van der Waals surface area (Å²) in [5, 5.41) is 3.84. The largest absolute Gasteiger partial charge is 0.347 e. The van der Waals surface area contributed by atoms with E-state index < -0.39 is 0 Å². The van der Waals surface area contributed by atoms with Crippen molar-refractivity contribution in [2.75, 3.05) is 0 Å². The average molecular weight is 228 g/mol. The van der Waals surface area contributed by atoms with E-state index in [1.54, 1.807) is 42.2 Å². The number of hydrazone groups is 1. The number of hydrogen-bond donors (Lipinski definition) is 1. The summed E-state index contributed by atoms with van der Waals surface area (Å²) in [6, 6.07) is 9.01. The standard InChI is InChI=1S/C12H12N4O/c1-16-8-4-6-11(16)12(17)15-14-9-10-5-2-3-7-13-10/h2-9H,1H3,(H,15,17). The minimum Gasteiger partial charge on any atom is -0.347 e. The van der Waals surface area contributed by atoms with Gasteiger partial charge < -0.3 is 4.57 Å². The topological polar surface area (TPSA) is 59.3 Å². The predicted molar refractivity (Wildman–Crippen MR) is 64.7 cm³/mol. The molecule has 1 amide bonds. The quantitative estimate of drug-likeness (QED) is 0.633. The first-order valence-corrected chi connectivity index (χ1v) is 5.13. The van der Waals surface area contributed by atoms with Gasteiger partial charge in [-0.25, -0.2) is 5.43 Å². The molecule has 0 fully saturated rings. The highest BCUT2D eigenvalue weighted by molar-refractivity contribution is 5.93. The van der Waals surface area contributed by atoms with Crippen molar-refractivity contribution in [1.82, 2.24) is 15.0 Å². The van der Waals surface area contributed by atoms with Crippen LogP contribution >= 0.6 is 0 Å². The minimum atomic E-state index is -0.246. The molecule has 2 aromatic rings. The number of aromatic nitrogens is 2. The Balaban J connectivity index is 1.98. The highest BCUT2D eigenvalue weighted by Crippen LogP contribution is 1.98. The summed E-state index contributed by atoms with van der Waals surface area (Å²) in [6.45, 7) is 0. The molecule has 5 heteroatoms. The van der Waals surface area contributed by atoms with Gasteiger partial charge in [0.15, 0.2) is 0 Å². The molecule has 0 bridgehead atoms. The third kappa shape index (κ3) is 2.78. The maximum absolute atomic E-state index is 11.7. The Bertz CT molecular complexity index is 530. The maximum atomic E-state index is 11.7. The summed E-state index contributed by atoms with van der Waals surface area (Å²) >= 11 is 0. The second kappa shape index (κ2) is 5.07. The van der Waals surface area contributed by atoms with Crippen LogP contribution in [-0.4, -0.2) is 21.7 Å². The Labute approximate surface area is 98.8 Å². The molecule has 86 valence electrons. The second-order valence-corrected chi connectivity index (χ2v) is 3.46. The molecule has 2 aromatic heterocycles. The number of hydrogen-bond acceptors (Lipinski definition) is 3. The van der Waals surface area contributed by atoms with E-state index in [2.05, 4.69) is 15.5 Å². The van der Waals surface area contributed by atoms with Crippen molar-refractivity contribution in [2.24, 2.45) is 12.1 Å². The van der Waals surface area contributed by atoms with Gasteiger partial charge in [-0.2, -0.15) is 5.10 Å². The van der Waals surface area contributed by atoms with Gasteiger partial charge in [0.05, 0.1) is 11.9 Å². The fourth-order valence-electron chi connectivity index (χ4n) is 1.36. The van der Waals surface area contributed by atoms with Crippen molar-refractivity contribution < 1.29 is 4.79 Å². The van der Waals surface area contributed by atoms with Gasteiger partial charge in [0.25, 0.3) is 5.91 Å². The fraction of sp³-hybridized carbons (Fsp3) is 0.0833. The number of carbonyl (C=O) groups is 1. The highest BCUT2D eigenvalue weighted by Gasteiger charge is 2.06. The van der Waals surface area contributed by atoms with Crippen LogP contribution in [0.2, 0.25) is 0 Å². The fourth-order valence-corrected chi connectivity index (χ4v) is 1.36. The zero-order valence-electron chi connectivity index (χ0n) is 9.37. The lowest BCUT2D eigenvalue weighted by molar-refractivity contribution is 0.0947. The molecule has 0 aromatic carbocycles. The first kappa shape index (κ1) is 11.1. The van der Waals surface area contributed by atoms with Crippen molar-refractivity contribution in [1.29, 1.82) is 0 Å². The number of nitrogens with zero attached hydrogens (tertiary/aromatic N) is 3. The van der Waals surface area contributed by atoms with E-state index >= 15 is 0 Å². The molecule has 0 aliphatic rings. The lowest BCUT2D eigenvalue weighted by Crippen LogP contribution is -2.20. The van der Waals surface area contributed by atoms with Gasteiger partial charge in [-0.3, -0.25) is 9.78 Å². The van der Waals surface area contributed by atoms with E-state index in [9.17, 15) is 4.79 Å². The van der Waals surface area contributed by atoms with Gasteiger partial charge in [-0.15, -0.1) is 0 Å². The molecular formula is C12H12N4O. The summed E-state index contributed by atoms with van der Waals surface area (Å²) in [7, 11) is 1.80. The van der Waals surface area contributed by atoms with E-state index in [-0.39, 0.29) is 5.91 Å². The average Bonchev–Trinajstić information content (AvgIpc) is 2.77. The number of rotatable bonds is 3. The second-order valence-electron chi connectivity index (χ2n) is 3.46. The predicted octanol–water partition coefficient (Wildman–Crippen LogP) is 1.18. The van der Waals surface area contributed by atoms with Crippen LogP contribution in [0.25, 0.3) is 0 Å². The third-order valence-electron chi connectivity index (χ3n) is 2.23. The Hall–Kier alpha value is -2.43. The number of pyridine rings is 1. The Morgan fingerprint density at radius 3 is 2.94 bits per heavy atom. The van der Waals surface area contributed by atoms with Crippen LogP contribution in [0.15, 0.2) is 47.8 Å². The van der Waals surface area contributed by atoms with Gasteiger partial charge in [-0.05, 0) is 24.3 Å². The molecule has 0 aliphatic carbocycles. The normalized spacial score (nSPS) is 10.6. The zero-order valence-corrected chi connectivity index (χ0v) is 9.37. The summed E-state index contributed by atoms with van der Waals surface area (Å²) < 4.78 is 1.73. The smallest absolute Gasteiger partial charge is 0.287 e. The van der Waals surface area contributed by atoms with Crippen molar-refractivity contribution in [3.63, 3.8) is 0 Å². The van der Waals surface area contributed by atoms with Crippen molar-refractivity contribution in [2.45, 2.75) is 0 Å². The molecule has 5 nitrogen and oxygen atoms in total. The van der Waals surface area contributed by atoms with Crippen molar-refractivity contribution >= 4 is 12.1 Å². The van der Waals surface area contributed by atoms with E-state index in [1.165, 1.54) is 6.21 Å². The van der Waals surface area contributed by atoms with Gasteiger partial charge >= 0.3 is 0 Å². The van der Waals surface area contributed by atoms with Crippen LogP contribution in [0, 0.1) is 0 Å². The number of carbonyl (C=O) groups excluding carboxylic acids is 1. The molecule has 1 N–H and O–H groups in total. The Kier molecular flexibility index (Phi) is 3.30. The summed E-state index contributed by atoms with van der Waals surface area (Å²) in [5.41, 5.74) is 3.70. The number of nitrogens with one attached hydrogen (secondary N) is 1. The molecule has 0 atom stereocenters. The van der Waals surface area contributed by atoms with Crippen LogP contribution < -0.4 is 5.43 Å². The van der Waals surface area contributed by atoms with E-state index in [1.807, 2.05) is 12.1 Å². The molecule has 0 saturated carbocycles. The number of amides is 1. The summed E-state index contributed by atoms with van der Waals surface area (Å²) in [6.07, 6.45) is 4.97. The molecule has 2 rings (SSSR count). The molecule has 0 radical (unpaired) electrons. The van der Waals surface area contributed by atoms with Crippen LogP contribution in [-0.2, 0) is 7.05 Å². The molecule has 0 saturated heterocycles. The highest BCUT2D eigenvalue weighted by atomic mass is 16.2. The van der Waals surface area contributed by atoms with Gasteiger partial charge in [-0.1, -0.05) is 6.07 Å². The Morgan fingerprint density at radius 1 is 1.41 bits per heavy atom. The molecule has 0 spiro atoms. The summed E-state index contributed by atoms with van der Waals surface area (Å²) in [4.78, 5) is 15.7. The third-order valence-corrected chi connectivity index (χ3v) is 2.23. The van der Waals surface area contributed by atoms with Gasteiger partial charge in [0.1, 0.15) is 5.69 Å². The molecule has 2 heterocycles. The van der Waals surface area contributed by atoms with Crippen LogP contribution in [0.3, 0.4) is 0 Å². The van der Waals surface area contributed by atoms with Crippen LogP contribution in [0.1, 0.15) is 16.2 Å². The van der Waals surface area contributed by atoms with Crippen molar-refractivity contribution in [3.8, 4) is 0 Å². The Morgan fingerprint density at radius 2 is 2.29 bits per heavy atom. The first-order chi connectivity index (χ1) is 8.27. The van der Waals surface area contributed by atoms with E-state index in [0.717, 1.165) is 0 Å². The monoisotopic (exact) mass is 228 g/mol. The molecular weight excluding hydrogens is 216 g/mol. The maximum Gasteiger partial charge on any atom is 0.287 e. The lowest BCUT2D eigenvalue weighted by atomic mass is 10.4. The first-order valence-electron chi connectivity index (χ1n) is 5.13. The van der Waals surface area contributed by atoms with Gasteiger partial charge in [0.2, 0.25) is 0 Å². The van der Waals surface area contributed by atoms with Crippen LogP contribution in [0.5, 0.6) is 0 Å². The van der Waals surface area contributed by atoms with Crippen LogP contribution in [0.4, 0.5) is 0 Å². The minimum absolute atomic E-state index is 0.246. The molecule has 17 heavy (non-hydrogen) atoms. The molecule has 0 aliphatic heterocycles. The van der Waals surface area contributed by atoms with E-state index in [4.69, 9.17) is 0 Å². The SMILES string of the molecule is Cn1cccc1C(=O)NN=Cc1ccccn1. The number of aryl methyl sites for hydroxylation is 1. The van der Waals surface area contributed by atoms with Crippen molar-refractivity contribution in [3.05, 3.63) is 54.1 Å². The zero-order chi connectivity index (χ0) is 12.1. The lowest BCUT2D eigenvalue weighted by Gasteiger charge is -2.00. The van der Waals surface area contributed by atoms with E-state index in [0.29, 0.717) is 11.4 Å².